The second-order valence-electron chi connectivity index (χ2n) is 5.51. The highest BCUT2D eigenvalue weighted by Gasteiger charge is 2.17. The number of carbonyl (C=O) groups is 1. The Morgan fingerprint density at radius 1 is 1.41 bits per heavy atom. The smallest absolute Gasteiger partial charge is 0.267 e. The molecule has 5 heteroatoms. The molecule has 0 saturated carbocycles. The van der Waals surface area contributed by atoms with E-state index in [1.54, 1.807) is 30.5 Å². The number of amides is 1. The SMILES string of the molecule is CC1CCCN(/C=C(/C#N)C(=O)Nc2ccccc2C#N)C1. The molecule has 0 radical (unpaired) electrons. The first-order valence-electron chi connectivity index (χ1n) is 7.30. The van der Waals surface area contributed by atoms with E-state index in [0.29, 0.717) is 17.2 Å². The lowest BCUT2D eigenvalue weighted by molar-refractivity contribution is -0.112. The van der Waals surface area contributed by atoms with Gasteiger partial charge in [0, 0.05) is 19.3 Å². The van der Waals surface area contributed by atoms with E-state index >= 15 is 0 Å². The van der Waals surface area contributed by atoms with Gasteiger partial charge in [0.1, 0.15) is 17.7 Å². The molecule has 1 amide bonds. The van der Waals surface area contributed by atoms with Crippen molar-refractivity contribution >= 4 is 11.6 Å². The zero-order chi connectivity index (χ0) is 15.9. The van der Waals surface area contributed by atoms with Gasteiger partial charge in [0.25, 0.3) is 5.91 Å². The molecule has 1 aliphatic heterocycles. The van der Waals surface area contributed by atoms with Gasteiger partial charge in [0.05, 0.1) is 11.3 Å². The van der Waals surface area contributed by atoms with Gasteiger partial charge in [0.15, 0.2) is 0 Å². The Hall–Kier alpha value is -2.79. The second-order valence-corrected chi connectivity index (χ2v) is 5.51. The van der Waals surface area contributed by atoms with Crippen LogP contribution < -0.4 is 5.32 Å². The Morgan fingerprint density at radius 2 is 2.18 bits per heavy atom. The molecule has 112 valence electrons. The number of piperidine rings is 1. The fourth-order valence-electron chi connectivity index (χ4n) is 2.54. The van der Waals surface area contributed by atoms with Crippen LogP contribution in [-0.4, -0.2) is 23.9 Å². The molecular weight excluding hydrogens is 276 g/mol. The van der Waals surface area contributed by atoms with E-state index in [4.69, 9.17) is 5.26 Å². The summed E-state index contributed by atoms with van der Waals surface area (Å²) < 4.78 is 0. The summed E-state index contributed by atoms with van der Waals surface area (Å²) in [7, 11) is 0. The van der Waals surface area contributed by atoms with Crippen molar-refractivity contribution < 1.29 is 4.79 Å². The van der Waals surface area contributed by atoms with E-state index < -0.39 is 5.91 Å². The van der Waals surface area contributed by atoms with Crippen LogP contribution in [0.15, 0.2) is 36.0 Å². The minimum absolute atomic E-state index is 0.0573. The molecule has 1 atom stereocenters. The summed E-state index contributed by atoms with van der Waals surface area (Å²) in [6.45, 7) is 3.88. The molecule has 1 fully saturated rings. The number of hydrogen-bond acceptors (Lipinski definition) is 4. The fourth-order valence-corrected chi connectivity index (χ4v) is 2.54. The maximum absolute atomic E-state index is 12.2. The summed E-state index contributed by atoms with van der Waals surface area (Å²) in [5.41, 5.74) is 0.852. The van der Waals surface area contributed by atoms with Gasteiger partial charge in [-0.2, -0.15) is 10.5 Å². The molecule has 1 unspecified atom stereocenters. The molecule has 0 spiro atoms. The summed E-state index contributed by atoms with van der Waals surface area (Å²) in [5.74, 6) is 0.0794. The Balaban J connectivity index is 2.12. The van der Waals surface area contributed by atoms with Crippen LogP contribution in [0, 0.1) is 28.6 Å². The lowest BCUT2D eigenvalue weighted by Crippen LogP contribution is -2.31. The van der Waals surface area contributed by atoms with Crippen molar-refractivity contribution in [3.63, 3.8) is 0 Å². The maximum Gasteiger partial charge on any atom is 0.267 e. The van der Waals surface area contributed by atoms with Crippen molar-refractivity contribution in [2.45, 2.75) is 19.8 Å². The average molecular weight is 294 g/mol. The Kier molecular flexibility index (Phi) is 5.16. The monoisotopic (exact) mass is 294 g/mol. The van der Waals surface area contributed by atoms with Crippen LogP contribution in [0.3, 0.4) is 0 Å². The maximum atomic E-state index is 12.2. The van der Waals surface area contributed by atoms with E-state index in [0.717, 1.165) is 19.5 Å². The van der Waals surface area contributed by atoms with Crippen LogP contribution in [0.2, 0.25) is 0 Å². The van der Waals surface area contributed by atoms with Gasteiger partial charge in [-0.3, -0.25) is 4.79 Å². The van der Waals surface area contributed by atoms with Gasteiger partial charge < -0.3 is 10.2 Å². The molecule has 2 rings (SSSR count). The molecule has 1 aliphatic rings. The zero-order valence-electron chi connectivity index (χ0n) is 12.5. The molecule has 0 bridgehead atoms. The van der Waals surface area contributed by atoms with E-state index in [1.165, 1.54) is 6.42 Å². The van der Waals surface area contributed by atoms with Gasteiger partial charge in [0.2, 0.25) is 0 Å². The summed E-state index contributed by atoms with van der Waals surface area (Å²) in [5, 5.41) is 20.9. The van der Waals surface area contributed by atoms with Crippen LogP contribution in [-0.2, 0) is 4.79 Å². The van der Waals surface area contributed by atoms with E-state index in [2.05, 4.69) is 12.2 Å². The minimum atomic E-state index is -0.483. The fraction of sp³-hybridized carbons (Fsp3) is 0.353. The highest BCUT2D eigenvalue weighted by Crippen LogP contribution is 2.18. The lowest BCUT2D eigenvalue weighted by Gasteiger charge is -2.29. The van der Waals surface area contributed by atoms with Crippen LogP contribution in [0.1, 0.15) is 25.3 Å². The predicted molar refractivity (Wildman–Crippen MR) is 83.5 cm³/mol. The van der Waals surface area contributed by atoms with E-state index in [9.17, 15) is 10.1 Å². The normalized spacial score (nSPS) is 18.2. The molecule has 5 nitrogen and oxygen atoms in total. The average Bonchev–Trinajstić information content (AvgIpc) is 2.53. The Bertz CT molecular complexity index is 666. The second kappa shape index (κ2) is 7.28. The molecule has 1 aromatic rings. The van der Waals surface area contributed by atoms with Gasteiger partial charge in [-0.25, -0.2) is 0 Å². The highest BCUT2D eigenvalue weighted by molar-refractivity contribution is 6.07. The van der Waals surface area contributed by atoms with Gasteiger partial charge in [-0.05, 0) is 30.9 Å². The molecular formula is C17H18N4O. The zero-order valence-corrected chi connectivity index (χ0v) is 12.5. The number of anilines is 1. The van der Waals surface area contributed by atoms with Gasteiger partial charge in [-0.15, -0.1) is 0 Å². The number of likely N-dealkylation sites (tertiary alicyclic amines) is 1. The van der Waals surface area contributed by atoms with E-state index in [1.807, 2.05) is 17.0 Å². The van der Waals surface area contributed by atoms with Crippen LogP contribution >= 0.6 is 0 Å². The number of rotatable bonds is 3. The molecule has 1 saturated heterocycles. The number of nitrogens with one attached hydrogen (secondary N) is 1. The van der Waals surface area contributed by atoms with E-state index in [-0.39, 0.29) is 5.57 Å². The molecule has 22 heavy (non-hydrogen) atoms. The standard InChI is InChI=1S/C17H18N4O/c1-13-5-4-8-21(11-13)12-15(10-19)17(22)20-16-7-3-2-6-14(16)9-18/h2-3,6-7,12-13H,4-5,8,11H2,1H3,(H,20,22)/b15-12-. The topological polar surface area (TPSA) is 79.9 Å². The van der Waals surface area contributed by atoms with Gasteiger partial charge >= 0.3 is 0 Å². The Morgan fingerprint density at radius 3 is 2.86 bits per heavy atom. The largest absolute Gasteiger partial charge is 0.376 e. The summed E-state index contributed by atoms with van der Waals surface area (Å²) in [6.07, 6.45) is 3.86. The number of para-hydroxylation sites is 1. The molecule has 0 aliphatic carbocycles. The number of nitriles is 2. The third-order valence-corrected chi connectivity index (χ3v) is 3.66. The van der Waals surface area contributed by atoms with Crippen molar-refractivity contribution in [1.29, 1.82) is 10.5 Å². The summed E-state index contributed by atoms with van der Waals surface area (Å²) in [6, 6.07) is 10.7. The molecule has 1 N–H and O–H groups in total. The van der Waals surface area contributed by atoms with Crippen LogP contribution in [0.4, 0.5) is 5.69 Å². The van der Waals surface area contributed by atoms with Crippen molar-refractivity contribution in [1.82, 2.24) is 4.90 Å². The van der Waals surface area contributed by atoms with Crippen LogP contribution in [0.25, 0.3) is 0 Å². The third kappa shape index (κ3) is 3.86. The molecule has 1 heterocycles. The number of benzene rings is 1. The minimum Gasteiger partial charge on any atom is -0.376 e. The lowest BCUT2D eigenvalue weighted by atomic mass is 10.0. The number of hydrogen-bond donors (Lipinski definition) is 1. The predicted octanol–water partition coefficient (Wildman–Crippen LogP) is 2.64. The van der Waals surface area contributed by atoms with Crippen molar-refractivity contribution in [2.24, 2.45) is 5.92 Å². The first kappa shape index (κ1) is 15.6. The summed E-state index contributed by atoms with van der Waals surface area (Å²) >= 11 is 0. The first-order chi connectivity index (χ1) is 10.6. The van der Waals surface area contributed by atoms with Gasteiger partial charge in [-0.1, -0.05) is 19.1 Å². The van der Waals surface area contributed by atoms with Crippen molar-refractivity contribution in [3.8, 4) is 12.1 Å². The highest BCUT2D eigenvalue weighted by atomic mass is 16.1. The van der Waals surface area contributed by atoms with Crippen molar-refractivity contribution in [2.75, 3.05) is 18.4 Å². The number of nitrogens with zero attached hydrogens (tertiary/aromatic N) is 3. The first-order valence-corrected chi connectivity index (χ1v) is 7.30. The number of carbonyl (C=O) groups excluding carboxylic acids is 1. The third-order valence-electron chi connectivity index (χ3n) is 3.66. The molecule has 1 aromatic carbocycles. The van der Waals surface area contributed by atoms with Crippen LogP contribution in [0.5, 0.6) is 0 Å². The molecule has 0 aromatic heterocycles. The summed E-state index contributed by atoms with van der Waals surface area (Å²) in [4.78, 5) is 14.2. The Labute approximate surface area is 130 Å². The quantitative estimate of drug-likeness (QED) is 0.686. The van der Waals surface area contributed by atoms with Crippen molar-refractivity contribution in [3.05, 3.63) is 41.6 Å².